The van der Waals surface area contributed by atoms with Gasteiger partial charge in [-0.25, -0.2) is 4.89 Å². The van der Waals surface area contributed by atoms with E-state index in [1.165, 1.54) is 6.92 Å². The highest BCUT2D eigenvalue weighted by atomic mass is 35.5. The van der Waals surface area contributed by atoms with Gasteiger partial charge in [-0.2, -0.15) is 0 Å². The standard InChI is InChI=1S/C4H7ClO4/c1-3(6)8-2-4(5)9-7/h4,7H,2H2,1H3. The Morgan fingerprint density at radius 2 is 2.44 bits per heavy atom. The number of ether oxygens (including phenoxy) is 1. The van der Waals surface area contributed by atoms with E-state index in [1.807, 2.05) is 0 Å². The molecule has 0 aromatic carbocycles. The van der Waals surface area contributed by atoms with E-state index in [1.54, 1.807) is 0 Å². The van der Waals surface area contributed by atoms with Gasteiger partial charge in [0.25, 0.3) is 0 Å². The van der Waals surface area contributed by atoms with Crippen LogP contribution in [0.5, 0.6) is 0 Å². The molecule has 9 heavy (non-hydrogen) atoms. The van der Waals surface area contributed by atoms with Crippen LogP contribution in [-0.4, -0.2) is 23.4 Å². The summed E-state index contributed by atoms with van der Waals surface area (Å²) in [5.41, 5.74) is -0.978. The molecule has 0 saturated carbocycles. The second-order valence-corrected chi connectivity index (χ2v) is 1.80. The third-order valence-corrected chi connectivity index (χ3v) is 0.738. The van der Waals surface area contributed by atoms with E-state index in [-0.39, 0.29) is 6.61 Å². The maximum Gasteiger partial charge on any atom is 0.302 e. The molecule has 0 saturated heterocycles. The van der Waals surface area contributed by atoms with Gasteiger partial charge in [0.15, 0.2) is 5.56 Å². The largest absolute Gasteiger partial charge is 0.462 e. The van der Waals surface area contributed by atoms with Gasteiger partial charge in [-0.15, -0.1) is 0 Å². The van der Waals surface area contributed by atoms with Crippen LogP contribution in [0.2, 0.25) is 0 Å². The molecular formula is C4H7ClO4. The highest BCUT2D eigenvalue weighted by Crippen LogP contribution is 1.95. The smallest absolute Gasteiger partial charge is 0.302 e. The van der Waals surface area contributed by atoms with Crippen LogP contribution in [0.1, 0.15) is 6.92 Å². The summed E-state index contributed by atoms with van der Waals surface area (Å²) >= 11 is 5.16. The highest BCUT2D eigenvalue weighted by Gasteiger charge is 2.04. The topological polar surface area (TPSA) is 55.8 Å². The summed E-state index contributed by atoms with van der Waals surface area (Å²) in [6.07, 6.45) is 0. The van der Waals surface area contributed by atoms with Crippen molar-refractivity contribution in [2.24, 2.45) is 0 Å². The van der Waals surface area contributed by atoms with Gasteiger partial charge in [0.2, 0.25) is 0 Å². The van der Waals surface area contributed by atoms with Crippen LogP contribution in [0, 0.1) is 0 Å². The minimum Gasteiger partial charge on any atom is -0.462 e. The first-order valence-corrected chi connectivity index (χ1v) is 2.68. The first-order chi connectivity index (χ1) is 4.16. The average molecular weight is 155 g/mol. The summed E-state index contributed by atoms with van der Waals surface area (Å²) in [5.74, 6) is -0.460. The maximum atomic E-state index is 10.0. The van der Waals surface area contributed by atoms with Gasteiger partial charge in [-0.3, -0.25) is 10.1 Å². The second-order valence-electron chi connectivity index (χ2n) is 1.32. The quantitative estimate of drug-likeness (QED) is 0.280. The molecule has 4 nitrogen and oxygen atoms in total. The predicted molar refractivity (Wildman–Crippen MR) is 30.0 cm³/mol. The third kappa shape index (κ3) is 5.55. The van der Waals surface area contributed by atoms with Crippen LogP contribution in [0.25, 0.3) is 0 Å². The summed E-state index contributed by atoms with van der Waals surface area (Å²) < 4.78 is 4.34. The van der Waals surface area contributed by atoms with E-state index in [0.717, 1.165) is 0 Å². The number of alkyl halides is 1. The zero-order valence-corrected chi connectivity index (χ0v) is 5.59. The molecule has 0 bridgehead atoms. The molecule has 1 N–H and O–H groups in total. The van der Waals surface area contributed by atoms with Crippen molar-refractivity contribution in [2.75, 3.05) is 6.61 Å². The molecule has 54 valence electrons. The average Bonchev–Trinajstić information content (AvgIpc) is 1.83. The van der Waals surface area contributed by atoms with Gasteiger partial charge < -0.3 is 4.74 Å². The molecule has 0 heterocycles. The number of hydrogen-bond donors (Lipinski definition) is 1. The zero-order chi connectivity index (χ0) is 7.28. The summed E-state index contributed by atoms with van der Waals surface area (Å²) in [7, 11) is 0. The van der Waals surface area contributed by atoms with Crippen LogP contribution < -0.4 is 0 Å². The molecule has 0 aromatic rings. The van der Waals surface area contributed by atoms with Gasteiger partial charge in [0, 0.05) is 6.92 Å². The van der Waals surface area contributed by atoms with Crippen molar-refractivity contribution < 1.29 is 19.7 Å². The molecule has 1 atom stereocenters. The van der Waals surface area contributed by atoms with Crippen molar-refractivity contribution in [3.63, 3.8) is 0 Å². The van der Waals surface area contributed by atoms with Crippen LogP contribution >= 0.6 is 11.6 Å². The van der Waals surface area contributed by atoms with Gasteiger partial charge in [-0.1, -0.05) is 11.6 Å². The first-order valence-electron chi connectivity index (χ1n) is 2.24. The van der Waals surface area contributed by atoms with E-state index in [0.29, 0.717) is 0 Å². The van der Waals surface area contributed by atoms with Crippen molar-refractivity contribution in [1.82, 2.24) is 0 Å². The molecule has 0 aliphatic carbocycles. The maximum absolute atomic E-state index is 10.0. The Hall–Kier alpha value is -0.320. The van der Waals surface area contributed by atoms with Crippen molar-refractivity contribution in [2.45, 2.75) is 12.5 Å². The number of hydrogen-bond acceptors (Lipinski definition) is 4. The molecule has 0 rings (SSSR count). The lowest BCUT2D eigenvalue weighted by Gasteiger charge is -2.03. The number of carbonyl (C=O) groups excluding carboxylic acids is 1. The molecule has 0 radical (unpaired) electrons. The molecule has 0 fully saturated rings. The number of halogens is 1. The van der Waals surface area contributed by atoms with Gasteiger partial charge >= 0.3 is 5.97 Å². The Labute approximate surface area is 57.2 Å². The SMILES string of the molecule is CC(=O)OCC(Cl)OO. The number of esters is 1. The van der Waals surface area contributed by atoms with Crippen LogP contribution in [0.3, 0.4) is 0 Å². The second kappa shape index (κ2) is 4.55. The number of carbonyl (C=O) groups is 1. The molecule has 0 aliphatic rings. The summed E-state index contributed by atoms with van der Waals surface area (Å²) in [4.78, 5) is 13.6. The fraction of sp³-hybridized carbons (Fsp3) is 0.750. The predicted octanol–water partition coefficient (Wildman–Crippen LogP) is 0.604. The van der Waals surface area contributed by atoms with E-state index in [2.05, 4.69) is 9.62 Å². The van der Waals surface area contributed by atoms with Gasteiger partial charge in [0.05, 0.1) is 0 Å². The van der Waals surface area contributed by atoms with E-state index < -0.39 is 11.5 Å². The van der Waals surface area contributed by atoms with Crippen molar-refractivity contribution >= 4 is 17.6 Å². The van der Waals surface area contributed by atoms with Crippen LogP contribution in [0.15, 0.2) is 0 Å². The Morgan fingerprint density at radius 3 is 2.78 bits per heavy atom. The molecule has 0 aromatic heterocycles. The third-order valence-electron chi connectivity index (χ3n) is 0.532. The minimum atomic E-state index is -0.978. The first kappa shape index (κ1) is 8.68. The lowest BCUT2D eigenvalue weighted by molar-refractivity contribution is -0.262. The van der Waals surface area contributed by atoms with E-state index >= 15 is 0 Å². The van der Waals surface area contributed by atoms with Crippen molar-refractivity contribution in [3.8, 4) is 0 Å². The molecule has 1 unspecified atom stereocenters. The Balaban J connectivity index is 3.16. The van der Waals surface area contributed by atoms with E-state index in [9.17, 15) is 4.79 Å². The normalized spacial score (nSPS) is 12.8. The van der Waals surface area contributed by atoms with Crippen LogP contribution in [-0.2, 0) is 14.4 Å². The highest BCUT2D eigenvalue weighted by molar-refractivity contribution is 6.19. The molecular weight excluding hydrogens is 147 g/mol. The Kier molecular flexibility index (Phi) is 4.39. The van der Waals surface area contributed by atoms with Crippen LogP contribution in [0.4, 0.5) is 0 Å². The molecule has 5 heteroatoms. The monoisotopic (exact) mass is 154 g/mol. The Morgan fingerprint density at radius 1 is 1.89 bits per heavy atom. The van der Waals surface area contributed by atoms with Gasteiger partial charge in [-0.05, 0) is 0 Å². The Bertz CT molecular complexity index is 94.6. The molecule has 0 spiro atoms. The van der Waals surface area contributed by atoms with Gasteiger partial charge in [0.1, 0.15) is 6.61 Å². The summed E-state index contributed by atoms with van der Waals surface area (Å²) in [6.45, 7) is 1.09. The number of rotatable bonds is 3. The lowest BCUT2D eigenvalue weighted by Crippen LogP contribution is -2.13. The summed E-state index contributed by atoms with van der Waals surface area (Å²) in [5, 5.41) is 7.82. The zero-order valence-electron chi connectivity index (χ0n) is 4.83. The fourth-order valence-corrected chi connectivity index (χ4v) is 0.276. The minimum absolute atomic E-state index is 0.145. The van der Waals surface area contributed by atoms with Crippen molar-refractivity contribution in [1.29, 1.82) is 0 Å². The lowest BCUT2D eigenvalue weighted by atomic mass is 10.7. The van der Waals surface area contributed by atoms with E-state index in [4.69, 9.17) is 16.9 Å². The molecule has 0 aliphatic heterocycles. The summed E-state index contributed by atoms with van der Waals surface area (Å²) in [6, 6.07) is 0. The van der Waals surface area contributed by atoms with Crippen molar-refractivity contribution in [3.05, 3.63) is 0 Å². The molecule has 0 amide bonds. The fourth-order valence-electron chi connectivity index (χ4n) is 0.213.